The molecule has 0 amide bonds. The van der Waals surface area contributed by atoms with Crippen LogP contribution in [0.3, 0.4) is 0 Å². The molecule has 0 N–H and O–H groups in total. The number of hydrogen-bond acceptors (Lipinski definition) is 0. The summed E-state index contributed by atoms with van der Waals surface area (Å²) in [6.45, 7) is 0. The van der Waals surface area contributed by atoms with Gasteiger partial charge in [0.1, 0.15) is 0 Å². The molecule has 0 nitrogen and oxygen atoms in total. The number of halogens is 3. The van der Waals surface area contributed by atoms with Crippen LogP contribution in [-0.2, 0) is 24.7 Å². The van der Waals surface area contributed by atoms with Crippen molar-refractivity contribution in [2.75, 3.05) is 0 Å². The van der Waals surface area contributed by atoms with Crippen LogP contribution in [0.25, 0.3) is 0 Å². The number of allylic oxidation sites excluding steroid dienone is 4. The van der Waals surface area contributed by atoms with Gasteiger partial charge in [-0.05, 0) is 0 Å². The van der Waals surface area contributed by atoms with Gasteiger partial charge < -0.3 is 37.2 Å². The third-order valence-electron chi connectivity index (χ3n) is 2.57. The third-order valence-corrected chi connectivity index (χ3v) is 4.23. The topological polar surface area (TPSA) is 0 Å². The zero-order valence-corrected chi connectivity index (χ0v) is 11.8. The van der Waals surface area contributed by atoms with E-state index in [1.807, 2.05) is 0 Å². The Bertz CT molecular complexity index is 191. The van der Waals surface area contributed by atoms with Gasteiger partial charge in [-0.3, -0.25) is 0 Å². The first-order valence-corrected chi connectivity index (χ1v) is 5.36. The summed E-state index contributed by atoms with van der Waals surface area (Å²) < 4.78 is 1.01. The molecule has 0 aromatic rings. The van der Waals surface area contributed by atoms with Gasteiger partial charge in [0.05, 0.1) is 0 Å². The monoisotopic (exact) mass is 314 g/mol. The molecule has 4 heteroatoms. The van der Waals surface area contributed by atoms with Crippen LogP contribution in [0, 0.1) is 11.8 Å². The molecule has 2 aliphatic rings. The van der Waals surface area contributed by atoms with Gasteiger partial charge in [0.25, 0.3) is 0 Å². The summed E-state index contributed by atoms with van der Waals surface area (Å²) in [7, 11) is 0. The van der Waals surface area contributed by atoms with E-state index in [9.17, 15) is 0 Å². The predicted molar refractivity (Wildman–Crippen MR) is 38.2 cm³/mol. The molecule has 0 aromatic heterocycles. The summed E-state index contributed by atoms with van der Waals surface area (Å²) in [5.41, 5.74) is 0. The zero-order valence-electron chi connectivity index (χ0n) is 7.09. The summed E-state index contributed by atoms with van der Waals surface area (Å²) in [6.07, 6.45) is 12.1. The van der Waals surface area contributed by atoms with Crippen molar-refractivity contribution in [3.63, 3.8) is 0 Å². The Labute approximate surface area is 114 Å². The summed E-state index contributed by atoms with van der Waals surface area (Å²) >= 11 is 1.73. The molecule has 0 aliphatic heterocycles. The van der Waals surface area contributed by atoms with Gasteiger partial charge in [0.2, 0.25) is 0 Å². The van der Waals surface area contributed by atoms with Crippen LogP contribution >= 0.6 is 0 Å². The van der Waals surface area contributed by atoms with Crippen molar-refractivity contribution in [2.24, 2.45) is 11.8 Å². The summed E-state index contributed by atoms with van der Waals surface area (Å²) in [4.78, 5) is 0. The van der Waals surface area contributed by atoms with Crippen molar-refractivity contribution >= 4 is 0 Å². The second-order valence-electron chi connectivity index (χ2n) is 3.19. The van der Waals surface area contributed by atoms with Gasteiger partial charge in [-0.15, -0.1) is 0 Å². The minimum atomic E-state index is 0. The third kappa shape index (κ3) is 3.70. The molecule has 0 bridgehead atoms. The van der Waals surface area contributed by atoms with Crippen LogP contribution in [-0.4, -0.2) is 0 Å². The molecule has 1 saturated carbocycles. The quantitative estimate of drug-likeness (QED) is 0.417. The normalized spacial score (nSPS) is 33.8. The van der Waals surface area contributed by atoms with E-state index in [1.165, 1.54) is 12.8 Å². The van der Waals surface area contributed by atoms with Crippen LogP contribution < -0.4 is 37.2 Å². The summed E-state index contributed by atoms with van der Waals surface area (Å²) in [6, 6.07) is 0. The zero-order chi connectivity index (χ0) is 6.97. The number of hydrogen-bond donors (Lipinski definition) is 0. The average molecular weight is 317 g/mol. The number of rotatable bonds is 0. The van der Waals surface area contributed by atoms with Crippen LogP contribution in [0.4, 0.5) is 0 Å². The van der Waals surface area contributed by atoms with Crippen molar-refractivity contribution in [3.05, 3.63) is 24.3 Å². The first kappa shape index (κ1) is 16.7. The molecule has 0 saturated heterocycles. The molecular weight excluding hydrogens is 306 g/mol. The van der Waals surface area contributed by atoms with Crippen molar-refractivity contribution in [2.45, 2.75) is 16.5 Å². The van der Waals surface area contributed by atoms with Gasteiger partial charge in [-0.25, -0.2) is 0 Å². The SMILES string of the molecule is [Cl-].[Cl-].[Cl-].[Zr+3][CH]1CCC2C=CC=CC12. The molecule has 0 heterocycles. The molecule has 0 radical (unpaired) electrons. The first-order chi connectivity index (χ1) is 4.88. The molecule has 13 heavy (non-hydrogen) atoms. The molecule has 72 valence electrons. The standard InChI is InChI=1S/C9H11.3ClH.Zr/c1-2-5-9-7-3-6-8(9)4-1;;;;/h1-2,4-6,8-9H,3,7H2;3*1H;/q;;;;+3/p-3. The Hall–Kier alpha value is 1.23. The van der Waals surface area contributed by atoms with Crippen molar-refractivity contribution in [3.8, 4) is 0 Å². The van der Waals surface area contributed by atoms with Crippen LogP contribution in [0.1, 0.15) is 12.8 Å². The fourth-order valence-corrected chi connectivity index (χ4v) is 3.25. The Morgan fingerprint density at radius 1 is 0.923 bits per heavy atom. The van der Waals surface area contributed by atoms with E-state index in [1.54, 1.807) is 24.7 Å². The molecule has 3 unspecified atom stereocenters. The predicted octanol–water partition coefficient (Wildman–Crippen LogP) is -6.51. The number of fused-ring (bicyclic) bond motifs is 1. The Morgan fingerprint density at radius 2 is 1.54 bits per heavy atom. The van der Waals surface area contributed by atoms with Crippen molar-refractivity contribution in [1.82, 2.24) is 0 Å². The second kappa shape index (κ2) is 7.52. The summed E-state index contributed by atoms with van der Waals surface area (Å²) in [5.74, 6) is 1.80. The van der Waals surface area contributed by atoms with Crippen molar-refractivity contribution < 1.29 is 61.9 Å². The molecule has 1 fully saturated rings. The van der Waals surface area contributed by atoms with E-state index in [0.29, 0.717) is 0 Å². The molecule has 3 atom stereocenters. The maximum atomic E-state index is 2.40. The van der Waals surface area contributed by atoms with Crippen LogP contribution in [0.15, 0.2) is 24.3 Å². The first-order valence-electron chi connectivity index (χ1n) is 3.94. The van der Waals surface area contributed by atoms with Crippen LogP contribution in [0.5, 0.6) is 0 Å². The van der Waals surface area contributed by atoms with E-state index < -0.39 is 0 Å². The Balaban J connectivity index is 0. The minimum absolute atomic E-state index is 0. The molecule has 2 rings (SSSR count). The molecule has 0 spiro atoms. The molecule has 0 aromatic carbocycles. The van der Waals surface area contributed by atoms with Gasteiger partial charge in [-0.2, -0.15) is 0 Å². The van der Waals surface area contributed by atoms with E-state index >= 15 is 0 Å². The summed E-state index contributed by atoms with van der Waals surface area (Å²) in [5, 5.41) is 0. The van der Waals surface area contributed by atoms with E-state index in [2.05, 4.69) is 24.3 Å². The van der Waals surface area contributed by atoms with Gasteiger partial charge in [0, 0.05) is 0 Å². The molecular formula is C9H11Cl3Zr. The average Bonchev–Trinajstić information content (AvgIpc) is 2.34. The van der Waals surface area contributed by atoms with Crippen molar-refractivity contribution in [1.29, 1.82) is 0 Å². The Kier molecular flexibility index (Phi) is 9.63. The van der Waals surface area contributed by atoms with Gasteiger partial charge in [-0.1, -0.05) is 0 Å². The van der Waals surface area contributed by atoms with E-state index in [0.717, 1.165) is 15.5 Å². The van der Waals surface area contributed by atoms with E-state index in [-0.39, 0.29) is 37.2 Å². The van der Waals surface area contributed by atoms with Gasteiger partial charge in [0.15, 0.2) is 0 Å². The Morgan fingerprint density at radius 3 is 2.15 bits per heavy atom. The molecule has 2 aliphatic carbocycles. The second-order valence-corrected chi connectivity index (χ2v) is 5.02. The fraction of sp³-hybridized carbons (Fsp3) is 0.556. The van der Waals surface area contributed by atoms with Crippen LogP contribution in [0.2, 0.25) is 3.63 Å². The maximum absolute atomic E-state index is 2.40. The van der Waals surface area contributed by atoms with E-state index in [4.69, 9.17) is 0 Å². The fourth-order valence-electron chi connectivity index (χ4n) is 1.96. The van der Waals surface area contributed by atoms with Gasteiger partial charge >= 0.3 is 77.3 Å².